The number of aliphatic carboxylic acids is 1. The summed E-state index contributed by atoms with van der Waals surface area (Å²) >= 11 is 3.59. The summed E-state index contributed by atoms with van der Waals surface area (Å²) in [5.41, 5.74) is 2.15. The molecular formula is C14H15IN2O2S. The first kappa shape index (κ1) is 14.2. The van der Waals surface area contributed by atoms with Crippen molar-refractivity contribution in [2.24, 2.45) is 0 Å². The van der Waals surface area contributed by atoms with E-state index in [1.165, 1.54) is 18.2 Å². The zero-order valence-corrected chi connectivity index (χ0v) is 14.1. The summed E-state index contributed by atoms with van der Waals surface area (Å²) in [6.45, 7) is 2.24. The Hall–Kier alpha value is -0.760. The quantitative estimate of drug-likeness (QED) is 0.626. The van der Waals surface area contributed by atoms with Crippen LogP contribution in [0.4, 0.5) is 0 Å². The highest BCUT2D eigenvalue weighted by Crippen LogP contribution is 2.43. The Kier molecular flexibility index (Phi) is 3.70. The largest absolute Gasteiger partial charge is 0.481 e. The fourth-order valence-electron chi connectivity index (χ4n) is 2.69. The van der Waals surface area contributed by atoms with Gasteiger partial charge in [0, 0.05) is 9.11 Å². The van der Waals surface area contributed by atoms with Gasteiger partial charge in [-0.3, -0.25) is 4.79 Å². The lowest BCUT2D eigenvalue weighted by atomic mass is 9.78. The predicted molar refractivity (Wildman–Crippen MR) is 88.3 cm³/mol. The average molecular weight is 402 g/mol. The van der Waals surface area contributed by atoms with Crippen LogP contribution in [-0.4, -0.2) is 26.4 Å². The van der Waals surface area contributed by atoms with Crippen LogP contribution >= 0.6 is 34.4 Å². The van der Waals surface area contributed by atoms with Gasteiger partial charge in [0.1, 0.15) is 0 Å². The van der Waals surface area contributed by atoms with Crippen LogP contribution < -0.4 is 0 Å². The van der Waals surface area contributed by atoms with Crippen molar-refractivity contribution in [3.8, 4) is 0 Å². The van der Waals surface area contributed by atoms with Crippen molar-refractivity contribution in [2.75, 3.05) is 5.75 Å². The fourth-order valence-corrected chi connectivity index (χ4v) is 4.03. The molecule has 1 aliphatic rings. The summed E-state index contributed by atoms with van der Waals surface area (Å²) in [6, 6.07) is 6.23. The molecule has 0 spiro atoms. The van der Waals surface area contributed by atoms with Gasteiger partial charge in [0.25, 0.3) is 0 Å². The zero-order chi connectivity index (χ0) is 14.3. The topological polar surface area (TPSA) is 55.1 Å². The number of rotatable bonds is 4. The van der Waals surface area contributed by atoms with E-state index in [2.05, 4.69) is 57.3 Å². The van der Waals surface area contributed by atoms with Gasteiger partial charge in [-0.1, -0.05) is 11.8 Å². The molecular weight excluding hydrogens is 387 g/mol. The van der Waals surface area contributed by atoms with E-state index in [1.54, 1.807) is 0 Å². The molecule has 2 aromatic rings. The number of carbonyl (C=O) groups is 1. The third kappa shape index (κ3) is 2.43. The number of aromatic nitrogens is 2. The molecule has 1 aromatic carbocycles. The highest BCUT2D eigenvalue weighted by Gasteiger charge is 2.36. The first-order valence-electron chi connectivity index (χ1n) is 6.53. The van der Waals surface area contributed by atoms with Crippen LogP contribution in [-0.2, 0) is 10.3 Å². The van der Waals surface area contributed by atoms with Gasteiger partial charge >= 0.3 is 5.97 Å². The minimum absolute atomic E-state index is 0.0521. The van der Waals surface area contributed by atoms with Crippen LogP contribution in [0.3, 0.4) is 0 Å². The SMILES string of the molecule is CC1(n2c(SCC(=O)O)nc3cc(I)ccc32)CCC1. The molecule has 0 unspecified atom stereocenters. The molecule has 0 bridgehead atoms. The molecule has 106 valence electrons. The van der Waals surface area contributed by atoms with Crippen molar-refractivity contribution in [3.63, 3.8) is 0 Å². The van der Waals surface area contributed by atoms with Crippen LogP contribution in [0.2, 0.25) is 0 Å². The molecule has 0 aliphatic heterocycles. The van der Waals surface area contributed by atoms with Gasteiger partial charge in [-0.2, -0.15) is 0 Å². The molecule has 3 rings (SSSR count). The van der Waals surface area contributed by atoms with E-state index >= 15 is 0 Å². The summed E-state index contributed by atoms with van der Waals surface area (Å²) in [4.78, 5) is 15.5. The van der Waals surface area contributed by atoms with Crippen LogP contribution in [0.15, 0.2) is 23.4 Å². The molecule has 1 saturated carbocycles. The number of nitrogens with zero attached hydrogens (tertiary/aromatic N) is 2. The summed E-state index contributed by atoms with van der Waals surface area (Å²) in [5.74, 6) is -0.752. The maximum atomic E-state index is 10.8. The lowest BCUT2D eigenvalue weighted by Gasteiger charge is -2.41. The summed E-state index contributed by atoms with van der Waals surface area (Å²) in [7, 11) is 0. The van der Waals surface area contributed by atoms with E-state index in [1.807, 2.05) is 0 Å². The number of fused-ring (bicyclic) bond motifs is 1. The minimum Gasteiger partial charge on any atom is -0.481 e. The van der Waals surface area contributed by atoms with Crippen molar-refractivity contribution < 1.29 is 9.90 Å². The number of thioether (sulfide) groups is 1. The molecule has 0 amide bonds. The van der Waals surface area contributed by atoms with Gasteiger partial charge < -0.3 is 9.67 Å². The molecule has 1 aliphatic carbocycles. The molecule has 6 heteroatoms. The number of hydrogen-bond donors (Lipinski definition) is 1. The van der Waals surface area contributed by atoms with Crippen molar-refractivity contribution in [3.05, 3.63) is 21.8 Å². The van der Waals surface area contributed by atoms with Gasteiger partial charge in [0.15, 0.2) is 5.16 Å². The number of carboxylic acid groups (broad SMARTS) is 1. The molecule has 4 nitrogen and oxygen atoms in total. The lowest BCUT2D eigenvalue weighted by molar-refractivity contribution is -0.133. The van der Waals surface area contributed by atoms with Gasteiger partial charge in [0.05, 0.1) is 16.8 Å². The number of halogens is 1. The van der Waals surface area contributed by atoms with Crippen LogP contribution in [0, 0.1) is 3.57 Å². The van der Waals surface area contributed by atoms with E-state index < -0.39 is 5.97 Å². The molecule has 1 aromatic heterocycles. The number of benzene rings is 1. The third-order valence-corrected chi connectivity index (χ3v) is 5.48. The molecule has 1 N–H and O–H groups in total. The Morgan fingerprint density at radius 3 is 2.90 bits per heavy atom. The smallest absolute Gasteiger partial charge is 0.313 e. The van der Waals surface area contributed by atoms with Gasteiger partial charge in [-0.15, -0.1) is 0 Å². The zero-order valence-electron chi connectivity index (χ0n) is 11.1. The summed E-state index contributed by atoms with van der Waals surface area (Å²) in [5, 5.41) is 9.73. The van der Waals surface area contributed by atoms with Crippen molar-refractivity contribution in [1.29, 1.82) is 0 Å². The van der Waals surface area contributed by atoms with Crippen molar-refractivity contribution >= 4 is 51.4 Å². The normalized spacial score (nSPS) is 17.1. The Bertz CT molecular complexity index is 679. The maximum Gasteiger partial charge on any atom is 0.313 e. The molecule has 0 radical (unpaired) electrons. The number of carboxylic acids is 1. The maximum absolute atomic E-state index is 10.8. The van der Waals surface area contributed by atoms with E-state index in [-0.39, 0.29) is 11.3 Å². The fraction of sp³-hybridized carbons (Fsp3) is 0.429. The van der Waals surface area contributed by atoms with Crippen LogP contribution in [0.5, 0.6) is 0 Å². The van der Waals surface area contributed by atoms with E-state index in [9.17, 15) is 4.79 Å². The molecule has 1 fully saturated rings. The number of hydrogen-bond acceptors (Lipinski definition) is 3. The van der Waals surface area contributed by atoms with E-state index in [4.69, 9.17) is 5.11 Å². The molecule has 20 heavy (non-hydrogen) atoms. The van der Waals surface area contributed by atoms with Gasteiger partial charge in [-0.05, 0) is 67.0 Å². The monoisotopic (exact) mass is 402 g/mol. The second-order valence-corrected chi connectivity index (χ2v) is 7.58. The lowest BCUT2D eigenvalue weighted by Crippen LogP contribution is -2.37. The summed E-state index contributed by atoms with van der Waals surface area (Å²) < 4.78 is 3.39. The third-order valence-electron chi connectivity index (χ3n) is 3.88. The summed E-state index contributed by atoms with van der Waals surface area (Å²) in [6.07, 6.45) is 3.49. The van der Waals surface area contributed by atoms with Gasteiger partial charge in [0.2, 0.25) is 0 Å². The Morgan fingerprint density at radius 2 is 2.30 bits per heavy atom. The standard InChI is InChI=1S/C14H15IN2O2S/c1-14(5-2-6-14)17-11-4-3-9(15)7-10(11)16-13(17)20-8-12(18)19/h3-4,7H,2,5-6,8H2,1H3,(H,18,19). The first-order valence-corrected chi connectivity index (χ1v) is 8.59. The van der Waals surface area contributed by atoms with E-state index in [0.717, 1.165) is 32.6 Å². The van der Waals surface area contributed by atoms with Crippen molar-refractivity contribution in [1.82, 2.24) is 9.55 Å². The van der Waals surface area contributed by atoms with Gasteiger partial charge in [-0.25, -0.2) is 4.98 Å². The van der Waals surface area contributed by atoms with E-state index in [0.29, 0.717) is 0 Å². The average Bonchev–Trinajstić information content (AvgIpc) is 2.71. The Morgan fingerprint density at radius 1 is 1.55 bits per heavy atom. The number of imidazole rings is 1. The first-order chi connectivity index (χ1) is 9.49. The van der Waals surface area contributed by atoms with Crippen molar-refractivity contribution in [2.45, 2.75) is 36.9 Å². The van der Waals surface area contributed by atoms with Crippen LogP contribution in [0.1, 0.15) is 26.2 Å². The molecule has 0 saturated heterocycles. The molecule has 1 heterocycles. The highest BCUT2D eigenvalue weighted by molar-refractivity contribution is 14.1. The molecule has 0 atom stereocenters. The minimum atomic E-state index is -0.804. The Labute approximate surface area is 135 Å². The second kappa shape index (κ2) is 5.22. The second-order valence-electron chi connectivity index (χ2n) is 5.40. The Balaban J connectivity index is 2.11. The predicted octanol–water partition coefficient (Wildman–Crippen LogP) is 3.72. The van der Waals surface area contributed by atoms with Crippen LogP contribution in [0.25, 0.3) is 11.0 Å². The highest BCUT2D eigenvalue weighted by atomic mass is 127.